The van der Waals surface area contributed by atoms with E-state index in [1.165, 1.54) is 77.0 Å². The second kappa shape index (κ2) is 18.2. The molecule has 0 unspecified atom stereocenters. The Morgan fingerprint density at radius 2 is 1.00 bits per heavy atom. The van der Waals surface area contributed by atoms with Crippen LogP contribution in [0.25, 0.3) is 0 Å². The predicted octanol–water partition coefficient (Wildman–Crippen LogP) is 6.63. The van der Waals surface area contributed by atoms with Crippen LogP contribution >= 0.6 is 17.0 Å². The fraction of sp³-hybridized carbons (Fsp3) is 0.895. The molecule has 0 aliphatic heterocycles. The van der Waals surface area contributed by atoms with E-state index in [0.717, 1.165) is 5.92 Å². The molecule has 0 atom stereocenters. The molecule has 0 bridgehead atoms. The highest BCUT2D eigenvalue weighted by molar-refractivity contribution is 8.93. The Bertz CT molecular complexity index is 205. The molecule has 2 heteroatoms. The minimum Gasteiger partial charge on any atom is -0.312 e. The number of hydrogen-bond donors (Lipinski definition) is 0. The molecule has 0 fully saturated rings. The molecule has 0 heterocycles. The zero-order valence-corrected chi connectivity index (χ0v) is 16.8. The van der Waals surface area contributed by atoms with Crippen molar-refractivity contribution in [1.29, 1.82) is 0 Å². The number of allylic oxidation sites excluding steroid dienone is 2. The topological polar surface area (TPSA) is 3.24 Å². The Labute approximate surface area is 145 Å². The lowest BCUT2D eigenvalue weighted by molar-refractivity contribution is 0.505. The van der Waals surface area contributed by atoms with E-state index < -0.39 is 0 Å². The van der Waals surface area contributed by atoms with Gasteiger partial charge in [-0.25, -0.2) is 0 Å². The van der Waals surface area contributed by atoms with Crippen molar-refractivity contribution < 1.29 is 0 Å². The minimum atomic E-state index is 0. The number of rotatable bonds is 12. The molecule has 1 nitrogen and oxygen atoms in total. The molecule has 1 rings (SSSR count). The van der Waals surface area contributed by atoms with Crippen LogP contribution in [0.3, 0.4) is 0 Å². The van der Waals surface area contributed by atoms with Gasteiger partial charge in [0.1, 0.15) is 0 Å². The van der Waals surface area contributed by atoms with E-state index in [9.17, 15) is 0 Å². The summed E-state index contributed by atoms with van der Waals surface area (Å²) in [5.74, 6) is 0.901. The van der Waals surface area contributed by atoms with Gasteiger partial charge in [0.25, 0.3) is 0 Å². The third-order valence-corrected chi connectivity index (χ3v) is 3.61. The van der Waals surface area contributed by atoms with Gasteiger partial charge in [-0.05, 0) is 33.5 Å². The average Bonchev–Trinajstić information content (AvgIpc) is 3.19. The lowest BCUT2D eigenvalue weighted by Crippen LogP contribution is -1.99. The van der Waals surface area contributed by atoms with Gasteiger partial charge < -0.3 is 4.90 Å². The van der Waals surface area contributed by atoms with Crippen molar-refractivity contribution in [2.24, 2.45) is 5.92 Å². The van der Waals surface area contributed by atoms with Gasteiger partial charge in [0, 0.05) is 0 Å². The second-order valence-corrected chi connectivity index (χ2v) is 6.71. The molecule has 0 saturated carbocycles. The minimum absolute atomic E-state index is 0. The Kier molecular flexibility index (Phi) is 20.4. The van der Waals surface area contributed by atoms with Crippen LogP contribution in [0.15, 0.2) is 12.2 Å². The van der Waals surface area contributed by atoms with E-state index in [-0.39, 0.29) is 17.0 Å². The average molecular weight is 362 g/mol. The standard InChI is InChI=1S/C16H30.C3H9N.BrH/c1-2-3-4-5-6-7-8-9-10-11-12-13-16-14-15-16;1-4(2)3;/h14-16H,2-13H2,1H3;1-3H3;1H. The third-order valence-electron chi connectivity index (χ3n) is 3.61. The van der Waals surface area contributed by atoms with Crippen molar-refractivity contribution in [2.75, 3.05) is 21.1 Å². The molecule has 0 aromatic heterocycles. The van der Waals surface area contributed by atoms with Gasteiger partial charge >= 0.3 is 0 Å². The van der Waals surface area contributed by atoms with Crippen LogP contribution < -0.4 is 0 Å². The Morgan fingerprint density at radius 3 is 1.33 bits per heavy atom. The summed E-state index contributed by atoms with van der Waals surface area (Å²) in [7, 11) is 6.00. The fourth-order valence-corrected chi connectivity index (χ4v) is 2.32. The Balaban J connectivity index is 0. The van der Waals surface area contributed by atoms with Crippen molar-refractivity contribution in [3.63, 3.8) is 0 Å². The molecule has 21 heavy (non-hydrogen) atoms. The first-order valence-electron chi connectivity index (χ1n) is 8.96. The molecule has 0 aromatic rings. The van der Waals surface area contributed by atoms with Crippen LogP contribution in [0.1, 0.15) is 84.0 Å². The van der Waals surface area contributed by atoms with Gasteiger partial charge in [-0.2, -0.15) is 0 Å². The van der Waals surface area contributed by atoms with Crippen molar-refractivity contribution in [2.45, 2.75) is 84.0 Å². The second-order valence-electron chi connectivity index (χ2n) is 6.71. The van der Waals surface area contributed by atoms with Crippen LogP contribution in [0.4, 0.5) is 0 Å². The molecule has 0 saturated heterocycles. The van der Waals surface area contributed by atoms with Gasteiger partial charge in [-0.1, -0.05) is 89.7 Å². The SMILES string of the molecule is Br.CCCCCCCCCCCCCC1C=C1.CN(C)C. The van der Waals surface area contributed by atoms with Gasteiger partial charge in [0.2, 0.25) is 0 Å². The molecule has 0 radical (unpaired) electrons. The molecule has 0 aromatic carbocycles. The van der Waals surface area contributed by atoms with Crippen LogP contribution in [-0.2, 0) is 0 Å². The highest BCUT2D eigenvalue weighted by atomic mass is 79.9. The molecule has 128 valence electrons. The zero-order chi connectivity index (χ0) is 15.1. The summed E-state index contributed by atoms with van der Waals surface area (Å²) in [6.07, 6.45) is 22.1. The largest absolute Gasteiger partial charge is 0.312 e. The summed E-state index contributed by atoms with van der Waals surface area (Å²) in [6.45, 7) is 2.29. The maximum Gasteiger partial charge on any atom is -0.00531 e. The van der Waals surface area contributed by atoms with Gasteiger partial charge in [0.05, 0.1) is 0 Å². The molecule has 1 aliphatic carbocycles. The van der Waals surface area contributed by atoms with Crippen LogP contribution in [0, 0.1) is 5.92 Å². The van der Waals surface area contributed by atoms with Crippen LogP contribution in [0.2, 0.25) is 0 Å². The van der Waals surface area contributed by atoms with E-state index >= 15 is 0 Å². The summed E-state index contributed by atoms with van der Waals surface area (Å²) in [5, 5.41) is 0. The van der Waals surface area contributed by atoms with Crippen molar-refractivity contribution >= 4 is 17.0 Å². The monoisotopic (exact) mass is 361 g/mol. The van der Waals surface area contributed by atoms with E-state index in [1.54, 1.807) is 0 Å². The van der Waals surface area contributed by atoms with Gasteiger partial charge in [0.15, 0.2) is 0 Å². The van der Waals surface area contributed by atoms with E-state index in [1.807, 2.05) is 26.0 Å². The highest BCUT2D eigenvalue weighted by Crippen LogP contribution is 2.23. The lowest BCUT2D eigenvalue weighted by atomic mass is 10.0. The summed E-state index contributed by atoms with van der Waals surface area (Å²) in [4.78, 5) is 2.00. The summed E-state index contributed by atoms with van der Waals surface area (Å²) < 4.78 is 0. The first-order valence-corrected chi connectivity index (χ1v) is 8.96. The van der Waals surface area contributed by atoms with Gasteiger partial charge in [-0.15, -0.1) is 17.0 Å². The maximum absolute atomic E-state index is 2.33. The van der Waals surface area contributed by atoms with Crippen molar-refractivity contribution in [3.8, 4) is 0 Å². The lowest BCUT2D eigenvalue weighted by Gasteiger charge is -2.02. The molecule has 0 spiro atoms. The third kappa shape index (κ3) is 25.5. The van der Waals surface area contributed by atoms with Gasteiger partial charge in [-0.3, -0.25) is 0 Å². The number of unbranched alkanes of at least 4 members (excludes halogenated alkanes) is 10. The maximum atomic E-state index is 2.33. The van der Waals surface area contributed by atoms with E-state index in [4.69, 9.17) is 0 Å². The first-order chi connectivity index (χ1) is 9.66. The fourth-order valence-electron chi connectivity index (χ4n) is 2.32. The van der Waals surface area contributed by atoms with Crippen LogP contribution in [-0.4, -0.2) is 26.0 Å². The normalized spacial score (nSPS) is 12.8. The van der Waals surface area contributed by atoms with E-state index in [2.05, 4.69) is 19.1 Å². The summed E-state index contributed by atoms with van der Waals surface area (Å²) in [6, 6.07) is 0. The molecule has 0 amide bonds. The number of nitrogens with zero attached hydrogens (tertiary/aromatic N) is 1. The molecular weight excluding hydrogens is 322 g/mol. The Morgan fingerprint density at radius 1 is 0.667 bits per heavy atom. The quantitative estimate of drug-likeness (QED) is 0.278. The summed E-state index contributed by atoms with van der Waals surface area (Å²) in [5.41, 5.74) is 0. The zero-order valence-electron chi connectivity index (χ0n) is 15.1. The van der Waals surface area contributed by atoms with Crippen molar-refractivity contribution in [3.05, 3.63) is 12.2 Å². The smallest absolute Gasteiger partial charge is 0.00531 e. The van der Waals surface area contributed by atoms with Crippen LogP contribution in [0.5, 0.6) is 0 Å². The Hall–Kier alpha value is 0.180. The van der Waals surface area contributed by atoms with E-state index in [0.29, 0.717) is 0 Å². The molecular formula is C19H40BrN. The number of hydrogen-bond acceptors (Lipinski definition) is 1. The highest BCUT2D eigenvalue weighted by Gasteiger charge is 2.08. The summed E-state index contributed by atoms with van der Waals surface area (Å²) >= 11 is 0. The molecule has 0 N–H and O–H groups in total. The first kappa shape index (κ1) is 23.4. The number of halogens is 1. The molecule has 1 aliphatic rings. The van der Waals surface area contributed by atoms with Crippen molar-refractivity contribution in [1.82, 2.24) is 4.90 Å². The predicted molar refractivity (Wildman–Crippen MR) is 104 cm³/mol.